The first kappa shape index (κ1) is 26.7. The third-order valence-corrected chi connectivity index (χ3v) is 5.33. The van der Waals surface area contributed by atoms with Crippen molar-refractivity contribution in [2.45, 2.75) is 60.5 Å². The van der Waals surface area contributed by atoms with E-state index in [0.29, 0.717) is 22.3 Å². The van der Waals surface area contributed by atoms with Crippen LogP contribution >= 0.6 is 0 Å². The molecule has 34 heavy (non-hydrogen) atoms. The number of nitrogens with one attached hydrogen (secondary N) is 1. The Kier molecular flexibility index (Phi) is 9.10. The summed E-state index contributed by atoms with van der Waals surface area (Å²) in [4.78, 5) is 27.1. The average molecular weight is 462 g/mol. The van der Waals surface area contributed by atoms with Crippen LogP contribution in [0, 0.1) is 0 Å². The molecule has 0 atom stereocenters. The van der Waals surface area contributed by atoms with Gasteiger partial charge in [-0.1, -0.05) is 66.7 Å². The summed E-state index contributed by atoms with van der Waals surface area (Å²) in [5.41, 5.74) is 3.86. The number of rotatable bonds is 4. The van der Waals surface area contributed by atoms with E-state index < -0.39 is 0 Å². The smallest absolute Gasteiger partial charge is 0.279 e. The molecule has 0 saturated heterocycles. The Morgan fingerprint density at radius 1 is 1.06 bits per heavy atom. The summed E-state index contributed by atoms with van der Waals surface area (Å²) in [6, 6.07) is 12.9. The molecular weight excluding hydrogens is 426 g/mol. The summed E-state index contributed by atoms with van der Waals surface area (Å²) < 4.78 is 1.32. The third kappa shape index (κ3) is 5.34. The predicted octanol–water partition coefficient (Wildman–Crippen LogP) is 6.04. The maximum Gasteiger partial charge on any atom is 0.279 e. The summed E-state index contributed by atoms with van der Waals surface area (Å²) >= 11 is 0. The Balaban J connectivity index is 0.000000970. The van der Waals surface area contributed by atoms with Gasteiger partial charge in [0.05, 0.1) is 29.6 Å². The van der Waals surface area contributed by atoms with Gasteiger partial charge in [-0.3, -0.25) is 9.59 Å². The van der Waals surface area contributed by atoms with Crippen molar-refractivity contribution in [3.8, 4) is 16.8 Å². The molecule has 0 fully saturated rings. The van der Waals surface area contributed by atoms with Crippen molar-refractivity contribution in [2.75, 3.05) is 0 Å². The zero-order valence-electron chi connectivity index (χ0n) is 21.1. The molecule has 6 heteroatoms. The third-order valence-electron chi connectivity index (χ3n) is 5.33. The number of benzene rings is 2. The molecule has 2 heterocycles. The predicted molar refractivity (Wildman–Crippen MR) is 140 cm³/mol. The van der Waals surface area contributed by atoms with Gasteiger partial charge in [-0.15, -0.1) is 0 Å². The number of carbonyl (C=O) groups excluding carboxylic acids is 1. The molecule has 0 spiro atoms. The highest BCUT2D eigenvalue weighted by molar-refractivity contribution is 5.82. The molecule has 6 nitrogen and oxygen atoms in total. The van der Waals surface area contributed by atoms with Gasteiger partial charge in [0.15, 0.2) is 6.29 Å². The summed E-state index contributed by atoms with van der Waals surface area (Å²) in [5, 5.41) is 15.8. The number of aromatic amines is 1. The lowest BCUT2D eigenvalue weighted by atomic mass is 9.86. The lowest BCUT2D eigenvalue weighted by Crippen LogP contribution is -2.23. The van der Waals surface area contributed by atoms with Crippen molar-refractivity contribution < 1.29 is 9.90 Å². The van der Waals surface area contributed by atoms with Gasteiger partial charge < -0.3 is 10.1 Å². The highest BCUT2D eigenvalue weighted by Gasteiger charge is 2.17. The highest BCUT2D eigenvalue weighted by atomic mass is 16.3. The number of H-pyrrole nitrogens is 1. The van der Waals surface area contributed by atoms with Crippen molar-refractivity contribution in [3.63, 3.8) is 0 Å². The van der Waals surface area contributed by atoms with Crippen molar-refractivity contribution in [3.05, 3.63) is 82.0 Å². The van der Waals surface area contributed by atoms with Crippen LogP contribution in [0.15, 0.2) is 59.7 Å². The minimum atomic E-state index is -0.276. The monoisotopic (exact) mass is 461 g/mol. The summed E-state index contributed by atoms with van der Waals surface area (Å²) in [5.74, 6) is 0. The fourth-order valence-corrected chi connectivity index (χ4v) is 3.63. The van der Waals surface area contributed by atoms with Crippen LogP contribution in [0.25, 0.3) is 27.6 Å². The van der Waals surface area contributed by atoms with Gasteiger partial charge in [-0.2, -0.15) is 9.78 Å². The minimum absolute atomic E-state index is 0.0294. The number of carbonyl (C=O) groups is 1. The van der Waals surface area contributed by atoms with Crippen molar-refractivity contribution in [2.24, 2.45) is 0 Å². The summed E-state index contributed by atoms with van der Waals surface area (Å²) in [7, 11) is 0. The van der Waals surface area contributed by atoms with Gasteiger partial charge in [0.25, 0.3) is 5.56 Å². The number of aliphatic hydroxyl groups is 1. The number of hydrogen-bond donors (Lipinski definition) is 2. The molecule has 0 amide bonds. The molecule has 4 rings (SSSR count). The van der Waals surface area contributed by atoms with Gasteiger partial charge in [-0.25, -0.2) is 0 Å². The van der Waals surface area contributed by atoms with Crippen LogP contribution in [0.4, 0.5) is 0 Å². The Morgan fingerprint density at radius 3 is 2.35 bits per heavy atom. The van der Waals surface area contributed by atoms with E-state index in [2.05, 4.69) is 30.9 Å². The second-order valence-corrected chi connectivity index (χ2v) is 8.34. The second-order valence-electron chi connectivity index (χ2n) is 8.34. The van der Waals surface area contributed by atoms with E-state index in [1.807, 2.05) is 52.0 Å². The van der Waals surface area contributed by atoms with Gasteiger partial charge in [-0.05, 0) is 40.8 Å². The zero-order chi connectivity index (χ0) is 25.5. The fourth-order valence-electron chi connectivity index (χ4n) is 3.63. The first-order valence-corrected chi connectivity index (χ1v) is 11.7. The number of fused-ring (bicyclic) bond motifs is 1. The number of aldehydes is 1. The average Bonchev–Trinajstić information content (AvgIpc) is 3.35. The fraction of sp³-hybridized carbons (Fsp3) is 0.321. The standard InChI is InChI=1S/C24H23N3O3.2C2H6/c1-24(2,3)17-7-8-20-15(9-17)12-26-27(23(20)30)22-6-4-5-19(21(22)14-29)16-10-18(13-28)25-11-16;2*1-2/h4-13,25,29H,14H2,1-3H3;2*1-2H3. The number of aromatic nitrogens is 3. The molecule has 0 aliphatic carbocycles. The Hall–Kier alpha value is -3.51. The molecule has 2 aromatic carbocycles. The van der Waals surface area contributed by atoms with E-state index in [9.17, 15) is 14.7 Å². The molecule has 2 aromatic heterocycles. The summed E-state index contributed by atoms with van der Waals surface area (Å²) in [6.07, 6.45) is 4.11. The lowest BCUT2D eigenvalue weighted by Gasteiger charge is -2.19. The van der Waals surface area contributed by atoms with Gasteiger partial charge in [0, 0.05) is 22.7 Å². The van der Waals surface area contributed by atoms with Gasteiger partial charge in [0.1, 0.15) is 0 Å². The zero-order valence-corrected chi connectivity index (χ0v) is 21.1. The van der Waals surface area contributed by atoms with Gasteiger partial charge in [0.2, 0.25) is 0 Å². The summed E-state index contributed by atoms with van der Waals surface area (Å²) in [6.45, 7) is 14.1. The molecule has 4 aromatic rings. The molecule has 0 aliphatic heterocycles. The second kappa shape index (κ2) is 11.6. The van der Waals surface area contributed by atoms with Crippen LogP contribution in [0.1, 0.15) is 70.1 Å². The van der Waals surface area contributed by atoms with E-state index in [4.69, 9.17) is 0 Å². The van der Waals surface area contributed by atoms with E-state index >= 15 is 0 Å². The van der Waals surface area contributed by atoms with Crippen LogP contribution in [0.2, 0.25) is 0 Å². The number of nitrogens with zero attached hydrogens (tertiary/aromatic N) is 2. The van der Waals surface area contributed by atoms with Gasteiger partial charge >= 0.3 is 0 Å². The molecule has 0 radical (unpaired) electrons. The lowest BCUT2D eigenvalue weighted by molar-refractivity contribution is 0.111. The van der Waals surface area contributed by atoms with Crippen LogP contribution in [-0.2, 0) is 12.0 Å². The molecule has 180 valence electrons. The van der Waals surface area contributed by atoms with E-state index in [1.54, 1.807) is 30.6 Å². The highest BCUT2D eigenvalue weighted by Crippen LogP contribution is 2.29. The number of aliphatic hydroxyl groups excluding tert-OH is 1. The van der Waals surface area contributed by atoms with Crippen molar-refractivity contribution in [1.82, 2.24) is 14.8 Å². The van der Waals surface area contributed by atoms with E-state index in [1.165, 1.54) is 4.68 Å². The van der Waals surface area contributed by atoms with Crippen LogP contribution in [-0.4, -0.2) is 26.2 Å². The van der Waals surface area contributed by atoms with Crippen LogP contribution in [0.5, 0.6) is 0 Å². The topological polar surface area (TPSA) is 88.0 Å². The Labute approximate surface area is 201 Å². The van der Waals surface area contributed by atoms with Crippen LogP contribution < -0.4 is 5.56 Å². The molecule has 0 aliphatic rings. The molecular formula is C28H35N3O3. The maximum atomic E-state index is 13.2. The molecule has 0 saturated carbocycles. The number of hydrogen-bond acceptors (Lipinski definition) is 4. The molecule has 0 unspecified atom stereocenters. The van der Waals surface area contributed by atoms with Crippen molar-refractivity contribution >= 4 is 17.1 Å². The Morgan fingerprint density at radius 2 is 1.76 bits per heavy atom. The molecule has 0 bridgehead atoms. The molecule has 2 N–H and O–H groups in total. The van der Waals surface area contributed by atoms with E-state index in [0.717, 1.165) is 28.4 Å². The SMILES string of the molecule is CC.CC.CC(C)(C)c1ccc2c(=O)n(-c3cccc(-c4c[nH]c(C=O)c4)c3CO)ncc2c1. The quantitative estimate of drug-likeness (QED) is 0.363. The van der Waals surface area contributed by atoms with E-state index in [-0.39, 0.29) is 17.6 Å². The first-order valence-electron chi connectivity index (χ1n) is 11.7. The Bertz CT molecular complexity index is 1310. The normalized spacial score (nSPS) is 10.7. The first-order chi connectivity index (χ1) is 16.3. The largest absolute Gasteiger partial charge is 0.392 e. The van der Waals surface area contributed by atoms with Crippen LogP contribution in [0.3, 0.4) is 0 Å². The minimum Gasteiger partial charge on any atom is -0.392 e. The maximum absolute atomic E-state index is 13.2. The van der Waals surface area contributed by atoms with Crippen molar-refractivity contribution in [1.29, 1.82) is 0 Å².